The highest BCUT2D eigenvalue weighted by Gasteiger charge is 2.25. The molecule has 0 spiro atoms. The summed E-state index contributed by atoms with van der Waals surface area (Å²) < 4.78 is 0. The normalized spacial score (nSPS) is 31.3. The van der Waals surface area contributed by atoms with Crippen LogP contribution in [0.15, 0.2) is 0 Å². The van der Waals surface area contributed by atoms with E-state index in [1.54, 1.807) is 0 Å². The van der Waals surface area contributed by atoms with Crippen LogP contribution in [-0.4, -0.2) is 13.1 Å². The molecule has 0 aliphatic carbocycles. The average molecular weight is 152 g/mol. The van der Waals surface area contributed by atoms with Gasteiger partial charge in [0.25, 0.3) is 0 Å². The minimum Gasteiger partial charge on any atom is -0.316 e. The van der Waals surface area contributed by atoms with Crippen LogP contribution in [-0.2, 0) is 0 Å². The third-order valence-corrected chi connectivity index (χ3v) is 2.53. The van der Waals surface area contributed by atoms with Crippen LogP contribution in [0.5, 0.6) is 0 Å². The van der Waals surface area contributed by atoms with E-state index in [0.29, 0.717) is 11.8 Å². The first-order valence-corrected chi connectivity index (χ1v) is 4.34. The summed E-state index contributed by atoms with van der Waals surface area (Å²) in [6.07, 6.45) is 4.30. The number of nitriles is 1. The van der Waals surface area contributed by atoms with E-state index in [-0.39, 0.29) is 0 Å². The fourth-order valence-electron chi connectivity index (χ4n) is 1.69. The summed E-state index contributed by atoms with van der Waals surface area (Å²) in [6, 6.07) is 2.21. The highest BCUT2D eigenvalue weighted by Crippen LogP contribution is 2.30. The van der Waals surface area contributed by atoms with Crippen molar-refractivity contribution in [3.8, 4) is 6.07 Å². The third-order valence-electron chi connectivity index (χ3n) is 2.53. The molecule has 1 unspecified atom stereocenters. The van der Waals surface area contributed by atoms with Crippen LogP contribution in [0.3, 0.4) is 0 Å². The third kappa shape index (κ3) is 2.51. The minimum atomic E-state index is 0.397. The SMILES string of the molecule is CC1(CCC#N)CCCNC1. The molecule has 0 saturated carbocycles. The summed E-state index contributed by atoms with van der Waals surface area (Å²) in [7, 11) is 0. The molecule has 2 heteroatoms. The van der Waals surface area contributed by atoms with Gasteiger partial charge >= 0.3 is 0 Å². The van der Waals surface area contributed by atoms with Crippen LogP contribution < -0.4 is 5.32 Å². The number of nitrogens with one attached hydrogen (secondary N) is 1. The molecule has 1 saturated heterocycles. The molecule has 0 bridgehead atoms. The van der Waals surface area contributed by atoms with Crippen molar-refractivity contribution in [3.05, 3.63) is 0 Å². The quantitative estimate of drug-likeness (QED) is 0.653. The second kappa shape index (κ2) is 3.73. The molecule has 0 radical (unpaired) electrons. The molecule has 0 amide bonds. The molecule has 0 aromatic carbocycles. The first kappa shape index (κ1) is 8.55. The monoisotopic (exact) mass is 152 g/mol. The molecular formula is C9H16N2. The van der Waals surface area contributed by atoms with E-state index in [4.69, 9.17) is 5.26 Å². The van der Waals surface area contributed by atoms with Gasteiger partial charge in [-0.3, -0.25) is 0 Å². The molecule has 11 heavy (non-hydrogen) atoms. The van der Waals surface area contributed by atoms with E-state index in [1.807, 2.05) is 0 Å². The van der Waals surface area contributed by atoms with Crippen molar-refractivity contribution in [3.63, 3.8) is 0 Å². The Labute approximate surface area is 68.6 Å². The van der Waals surface area contributed by atoms with Gasteiger partial charge in [-0.15, -0.1) is 0 Å². The zero-order valence-electron chi connectivity index (χ0n) is 7.19. The molecule has 1 fully saturated rings. The summed E-state index contributed by atoms with van der Waals surface area (Å²) in [5, 5.41) is 11.8. The maximum absolute atomic E-state index is 8.44. The van der Waals surface area contributed by atoms with Crippen molar-refractivity contribution in [1.82, 2.24) is 5.32 Å². The Hall–Kier alpha value is -0.550. The van der Waals surface area contributed by atoms with E-state index in [0.717, 1.165) is 19.5 Å². The molecule has 1 aliphatic heterocycles. The van der Waals surface area contributed by atoms with E-state index in [1.165, 1.54) is 12.8 Å². The van der Waals surface area contributed by atoms with E-state index >= 15 is 0 Å². The summed E-state index contributed by atoms with van der Waals surface area (Å²) in [4.78, 5) is 0. The Balaban J connectivity index is 2.32. The van der Waals surface area contributed by atoms with Gasteiger partial charge in [-0.2, -0.15) is 5.26 Å². The molecule has 1 rings (SSSR count). The number of hydrogen-bond acceptors (Lipinski definition) is 2. The van der Waals surface area contributed by atoms with Crippen molar-refractivity contribution < 1.29 is 0 Å². The summed E-state index contributed by atoms with van der Waals surface area (Å²) in [5.41, 5.74) is 0.397. The summed E-state index contributed by atoms with van der Waals surface area (Å²) in [6.45, 7) is 4.52. The van der Waals surface area contributed by atoms with Crippen molar-refractivity contribution in [2.75, 3.05) is 13.1 Å². The van der Waals surface area contributed by atoms with Gasteiger partial charge in [0.2, 0.25) is 0 Å². The fraction of sp³-hybridized carbons (Fsp3) is 0.889. The molecule has 0 aromatic rings. The maximum Gasteiger partial charge on any atom is 0.0621 e. The zero-order chi connectivity index (χ0) is 8.16. The van der Waals surface area contributed by atoms with Crippen LogP contribution in [0.1, 0.15) is 32.6 Å². The molecule has 1 aliphatic rings. The van der Waals surface area contributed by atoms with E-state index < -0.39 is 0 Å². The summed E-state index contributed by atoms with van der Waals surface area (Å²) in [5.74, 6) is 0. The van der Waals surface area contributed by atoms with Gasteiger partial charge in [0.15, 0.2) is 0 Å². The minimum absolute atomic E-state index is 0.397. The second-order valence-electron chi connectivity index (χ2n) is 3.75. The van der Waals surface area contributed by atoms with Gasteiger partial charge < -0.3 is 5.32 Å². The topological polar surface area (TPSA) is 35.8 Å². The van der Waals surface area contributed by atoms with Gasteiger partial charge in [0, 0.05) is 13.0 Å². The molecule has 1 N–H and O–H groups in total. The van der Waals surface area contributed by atoms with Crippen LogP contribution in [0.2, 0.25) is 0 Å². The lowest BCUT2D eigenvalue weighted by Gasteiger charge is -2.33. The predicted octanol–water partition coefficient (Wildman–Crippen LogP) is 1.68. The maximum atomic E-state index is 8.44. The zero-order valence-corrected chi connectivity index (χ0v) is 7.19. The summed E-state index contributed by atoms with van der Waals surface area (Å²) >= 11 is 0. The molecule has 2 nitrogen and oxygen atoms in total. The molecule has 0 aromatic heterocycles. The smallest absolute Gasteiger partial charge is 0.0621 e. The second-order valence-corrected chi connectivity index (χ2v) is 3.75. The predicted molar refractivity (Wildman–Crippen MR) is 45.1 cm³/mol. The number of piperidine rings is 1. The molecule has 1 heterocycles. The Morgan fingerprint density at radius 3 is 3.00 bits per heavy atom. The lowest BCUT2D eigenvalue weighted by atomic mass is 9.79. The molecular weight excluding hydrogens is 136 g/mol. The lowest BCUT2D eigenvalue weighted by molar-refractivity contribution is 0.221. The van der Waals surface area contributed by atoms with Gasteiger partial charge in [-0.25, -0.2) is 0 Å². The molecule has 1 atom stereocenters. The Morgan fingerprint density at radius 1 is 1.64 bits per heavy atom. The Kier molecular flexibility index (Phi) is 2.90. The van der Waals surface area contributed by atoms with Crippen LogP contribution in [0.4, 0.5) is 0 Å². The Bertz CT molecular complexity index is 151. The molecule has 62 valence electrons. The van der Waals surface area contributed by atoms with E-state index in [2.05, 4.69) is 18.3 Å². The van der Waals surface area contributed by atoms with Crippen molar-refractivity contribution in [1.29, 1.82) is 5.26 Å². The first-order chi connectivity index (χ1) is 5.27. The number of nitrogens with zero attached hydrogens (tertiary/aromatic N) is 1. The van der Waals surface area contributed by atoms with E-state index in [9.17, 15) is 0 Å². The highest BCUT2D eigenvalue weighted by molar-refractivity contribution is 4.84. The highest BCUT2D eigenvalue weighted by atomic mass is 14.9. The van der Waals surface area contributed by atoms with Gasteiger partial charge in [0.05, 0.1) is 6.07 Å². The fourth-order valence-corrected chi connectivity index (χ4v) is 1.69. The first-order valence-electron chi connectivity index (χ1n) is 4.34. The average Bonchev–Trinajstić information content (AvgIpc) is 2.03. The van der Waals surface area contributed by atoms with Crippen molar-refractivity contribution in [2.24, 2.45) is 5.41 Å². The number of rotatable bonds is 2. The van der Waals surface area contributed by atoms with Crippen LogP contribution in [0.25, 0.3) is 0 Å². The van der Waals surface area contributed by atoms with Crippen molar-refractivity contribution in [2.45, 2.75) is 32.6 Å². The Morgan fingerprint density at radius 2 is 2.45 bits per heavy atom. The van der Waals surface area contributed by atoms with Crippen LogP contribution in [0, 0.1) is 16.7 Å². The van der Waals surface area contributed by atoms with Gasteiger partial charge in [0.1, 0.15) is 0 Å². The van der Waals surface area contributed by atoms with Crippen LogP contribution >= 0.6 is 0 Å². The van der Waals surface area contributed by atoms with Gasteiger partial charge in [-0.05, 0) is 31.2 Å². The van der Waals surface area contributed by atoms with Gasteiger partial charge in [-0.1, -0.05) is 6.92 Å². The number of hydrogen-bond donors (Lipinski definition) is 1. The van der Waals surface area contributed by atoms with Crippen molar-refractivity contribution >= 4 is 0 Å². The largest absolute Gasteiger partial charge is 0.316 e. The lowest BCUT2D eigenvalue weighted by Crippen LogP contribution is -2.37. The standard InChI is InChI=1S/C9H16N2/c1-9(4-2-6-10)5-3-7-11-8-9/h11H,2-5,7-8H2,1H3.